The van der Waals surface area contributed by atoms with E-state index in [-0.39, 0.29) is 0 Å². The van der Waals surface area contributed by atoms with E-state index in [9.17, 15) is 0 Å². The highest BCUT2D eigenvalue weighted by molar-refractivity contribution is 8.21. The Morgan fingerprint density at radius 2 is 2.17 bits per heavy atom. The molecule has 0 fully saturated rings. The van der Waals surface area contributed by atoms with E-state index in [0.717, 1.165) is 0 Å². The number of hydrogen-bond donors (Lipinski definition) is 0. The Morgan fingerprint density at radius 1 is 1.67 bits per heavy atom. The Kier molecular flexibility index (Phi) is 3.89. The van der Waals surface area contributed by atoms with Crippen LogP contribution in [0.25, 0.3) is 0 Å². The molecule has 1 radical (unpaired) electrons. The third-order valence-electron chi connectivity index (χ3n) is 0.284. The minimum absolute atomic E-state index is 0.600. The average Bonchev–Trinajstić information content (AvgIpc) is 1.35. The van der Waals surface area contributed by atoms with Crippen LogP contribution in [-0.4, -0.2) is 9.95 Å². The van der Waals surface area contributed by atoms with Gasteiger partial charge in [0.25, 0.3) is 0 Å². The van der Waals surface area contributed by atoms with Crippen molar-refractivity contribution in [1.82, 2.24) is 0 Å². The van der Waals surface area contributed by atoms with Crippen LogP contribution in [0.4, 0.5) is 0 Å². The molecule has 0 saturated carbocycles. The van der Waals surface area contributed by atoms with Crippen molar-refractivity contribution >= 4 is 28.7 Å². The van der Waals surface area contributed by atoms with Gasteiger partial charge in [0, 0.05) is 5.25 Å². The maximum Gasteiger partial charge on any atom is 0.0954 e. The second kappa shape index (κ2) is 3.62. The van der Waals surface area contributed by atoms with Crippen molar-refractivity contribution in [3.8, 4) is 0 Å². The Bertz CT molecular complexity index is 40.8. The molecule has 0 nitrogen and oxygen atoms in total. The van der Waals surface area contributed by atoms with Gasteiger partial charge in [-0.2, -0.15) is 0 Å². The van der Waals surface area contributed by atoms with Crippen molar-refractivity contribution < 1.29 is 0 Å². The minimum atomic E-state index is 0.600. The summed E-state index contributed by atoms with van der Waals surface area (Å²) in [4.78, 5) is 0. The average molecular weight is 119 g/mol. The van der Waals surface area contributed by atoms with E-state index < -0.39 is 0 Å². The lowest BCUT2D eigenvalue weighted by atomic mass is 10.6. The summed E-state index contributed by atoms with van der Waals surface area (Å²) >= 11 is 5.99. The Balaban J connectivity index is 2.81. The van der Waals surface area contributed by atoms with Gasteiger partial charge in [-0.05, 0) is 0 Å². The van der Waals surface area contributed by atoms with Crippen LogP contribution in [0, 0.1) is 0 Å². The van der Waals surface area contributed by atoms with Crippen LogP contribution in [0.5, 0.6) is 0 Å². The molecule has 0 bridgehead atoms. The summed E-state index contributed by atoms with van der Waals surface area (Å²) in [5, 5.41) is 0.600. The predicted octanol–water partition coefficient (Wildman–Crippen LogP) is 1.96. The third-order valence-corrected chi connectivity index (χ3v) is 1.14. The highest BCUT2D eigenvalue weighted by Gasteiger charge is 1.84. The molecule has 0 aliphatic carbocycles. The number of thiocarbonyl (C=S) groups is 1. The third kappa shape index (κ3) is 4.44. The summed E-state index contributed by atoms with van der Waals surface area (Å²) in [6.07, 6.45) is 0. The molecule has 0 N–H and O–H groups in total. The van der Waals surface area contributed by atoms with Gasteiger partial charge in [0.1, 0.15) is 0 Å². The fourth-order valence-electron chi connectivity index (χ4n) is 0.0962. The van der Waals surface area contributed by atoms with E-state index in [2.05, 4.69) is 30.8 Å². The molecule has 2 heteroatoms. The van der Waals surface area contributed by atoms with E-state index in [0.29, 0.717) is 5.25 Å². The lowest BCUT2D eigenvalue weighted by molar-refractivity contribution is 1.12. The zero-order valence-electron chi connectivity index (χ0n) is 3.89. The zero-order chi connectivity index (χ0) is 4.99. The predicted molar refractivity (Wildman–Crippen MR) is 35.3 cm³/mol. The Hall–Kier alpha value is 0.440. The van der Waals surface area contributed by atoms with E-state index in [1.807, 2.05) is 0 Å². The molecule has 0 rings (SSSR count). The minimum Gasteiger partial charge on any atom is -0.110 e. The first kappa shape index (κ1) is 6.44. The summed E-state index contributed by atoms with van der Waals surface area (Å²) in [6.45, 7) is 4.17. The van der Waals surface area contributed by atoms with E-state index >= 15 is 0 Å². The zero-order valence-corrected chi connectivity index (χ0v) is 5.53. The largest absolute Gasteiger partial charge is 0.110 e. The van der Waals surface area contributed by atoms with Gasteiger partial charge in [-0.1, -0.05) is 26.1 Å². The maximum atomic E-state index is 4.44. The van der Waals surface area contributed by atoms with Gasteiger partial charge in [-0.25, -0.2) is 0 Å². The number of hydrogen-bond acceptors (Lipinski definition) is 2. The van der Waals surface area contributed by atoms with Gasteiger partial charge in [-0.15, -0.1) is 11.8 Å². The highest BCUT2D eigenvalue weighted by atomic mass is 32.2. The van der Waals surface area contributed by atoms with Crippen molar-refractivity contribution in [3.05, 3.63) is 0 Å². The van der Waals surface area contributed by atoms with Gasteiger partial charge >= 0.3 is 0 Å². The molecular weight excluding hydrogens is 112 g/mol. The van der Waals surface area contributed by atoms with Crippen LogP contribution in [-0.2, 0) is 0 Å². The van der Waals surface area contributed by atoms with Crippen LogP contribution >= 0.6 is 24.0 Å². The maximum absolute atomic E-state index is 4.44. The molecule has 0 saturated heterocycles. The van der Waals surface area contributed by atoms with Gasteiger partial charge < -0.3 is 0 Å². The number of thioether (sulfide) groups is 1. The molecule has 0 spiro atoms. The van der Waals surface area contributed by atoms with Crippen LogP contribution in [0.3, 0.4) is 0 Å². The van der Waals surface area contributed by atoms with Crippen molar-refractivity contribution in [3.63, 3.8) is 0 Å². The summed E-state index contributed by atoms with van der Waals surface area (Å²) < 4.78 is 2.57. The topological polar surface area (TPSA) is 0 Å². The van der Waals surface area contributed by atoms with Crippen molar-refractivity contribution in [2.24, 2.45) is 0 Å². The Labute approximate surface area is 48.3 Å². The van der Waals surface area contributed by atoms with Crippen molar-refractivity contribution in [2.45, 2.75) is 19.1 Å². The monoisotopic (exact) mass is 119 g/mol. The molecule has 0 amide bonds. The molecule has 0 heterocycles. The van der Waals surface area contributed by atoms with Crippen molar-refractivity contribution in [2.75, 3.05) is 0 Å². The standard InChI is InChI=1S/C4H7S2/c1-4(2)6-3-5/h4H,1-2H3. The smallest absolute Gasteiger partial charge is 0.0954 e. The molecule has 6 heavy (non-hydrogen) atoms. The van der Waals surface area contributed by atoms with Gasteiger partial charge in [-0.3, -0.25) is 0 Å². The summed E-state index contributed by atoms with van der Waals surface area (Å²) in [5.41, 5.74) is 0. The molecule has 0 aliphatic heterocycles. The molecule has 0 unspecified atom stereocenters. The van der Waals surface area contributed by atoms with E-state index in [1.165, 1.54) is 0 Å². The van der Waals surface area contributed by atoms with Crippen LogP contribution in [0.1, 0.15) is 13.8 Å². The fourth-order valence-corrected chi connectivity index (χ4v) is 0.866. The molecule has 0 atom stereocenters. The van der Waals surface area contributed by atoms with Crippen molar-refractivity contribution in [1.29, 1.82) is 0 Å². The molecule has 0 aromatic heterocycles. The summed E-state index contributed by atoms with van der Waals surface area (Å²) in [7, 11) is 0. The lowest BCUT2D eigenvalue weighted by Gasteiger charge is -1.90. The SMILES string of the molecule is CC(C)S[C]=S. The van der Waals surface area contributed by atoms with Crippen LogP contribution in [0.15, 0.2) is 0 Å². The highest BCUT2D eigenvalue weighted by Crippen LogP contribution is 2.03. The molecule has 0 aromatic carbocycles. The van der Waals surface area contributed by atoms with Crippen LogP contribution in [0.2, 0.25) is 0 Å². The lowest BCUT2D eigenvalue weighted by Crippen LogP contribution is -1.81. The molecule has 0 aliphatic rings. The van der Waals surface area contributed by atoms with Gasteiger partial charge in [0.2, 0.25) is 0 Å². The first-order chi connectivity index (χ1) is 2.77. The summed E-state index contributed by atoms with van der Waals surface area (Å²) in [5.74, 6) is 0. The first-order valence-corrected chi connectivity index (χ1v) is 3.09. The van der Waals surface area contributed by atoms with Gasteiger partial charge in [0.15, 0.2) is 0 Å². The van der Waals surface area contributed by atoms with Crippen LogP contribution < -0.4 is 0 Å². The normalized spacial score (nSPS) is 9.17. The Morgan fingerprint density at radius 3 is 2.17 bits per heavy atom. The van der Waals surface area contributed by atoms with E-state index in [1.54, 1.807) is 11.8 Å². The fraction of sp³-hybridized carbons (Fsp3) is 0.750. The molecule has 35 valence electrons. The quantitative estimate of drug-likeness (QED) is 0.510. The first-order valence-electron chi connectivity index (χ1n) is 1.80. The molecule has 0 aromatic rings. The second-order valence-electron chi connectivity index (χ2n) is 1.25. The van der Waals surface area contributed by atoms with E-state index in [4.69, 9.17) is 0 Å². The number of rotatable bonds is 2. The van der Waals surface area contributed by atoms with Gasteiger partial charge in [0.05, 0.1) is 4.70 Å². The summed E-state index contributed by atoms with van der Waals surface area (Å²) in [6, 6.07) is 0. The molecular formula is C4H7S2. The second-order valence-corrected chi connectivity index (χ2v) is 3.10.